The predicted molar refractivity (Wildman–Crippen MR) is 106 cm³/mol. The molecule has 2 aromatic carbocycles. The van der Waals surface area contributed by atoms with Gasteiger partial charge in [-0.05, 0) is 18.2 Å². The molecule has 0 radical (unpaired) electrons. The maximum absolute atomic E-state index is 12.3. The lowest BCUT2D eigenvalue weighted by Crippen LogP contribution is -2.27. The Balaban J connectivity index is 1.62. The van der Waals surface area contributed by atoms with Crippen LogP contribution >= 0.6 is 0 Å². The highest BCUT2D eigenvalue weighted by atomic mass is 16.5. The van der Waals surface area contributed by atoms with Crippen LogP contribution in [-0.2, 0) is 16.1 Å². The minimum atomic E-state index is -0.530. The standard InChI is InChI=1S/C22H22N2O4/c1-22(2,3)21(26)24-17-11-7-10-16(12-17)20(25)27-14-19-23-13-18(28-19)15-8-5-4-6-9-15/h4-13H,14H2,1-3H3,(H,24,26). The number of aromatic nitrogens is 1. The number of rotatable bonds is 5. The smallest absolute Gasteiger partial charge is 0.338 e. The molecule has 0 bridgehead atoms. The number of oxazole rings is 1. The minimum absolute atomic E-state index is 0.0791. The van der Waals surface area contributed by atoms with Gasteiger partial charge < -0.3 is 14.5 Å². The summed E-state index contributed by atoms with van der Waals surface area (Å²) in [5, 5.41) is 2.79. The SMILES string of the molecule is CC(C)(C)C(=O)Nc1cccc(C(=O)OCc2ncc(-c3ccccc3)o2)c1. The molecule has 0 fully saturated rings. The number of anilines is 1. The van der Waals surface area contributed by atoms with E-state index in [1.165, 1.54) is 0 Å². The molecule has 0 aliphatic heterocycles. The second kappa shape index (κ2) is 8.08. The van der Waals surface area contributed by atoms with Crippen LogP contribution in [0.1, 0.15) is 37.0 Å². The summed E-state index contributed by atoms with van der Waals surface area (Å²) in [4.78, 5) is 28.6. The van der Waals surface area contributed by atoms with Gasteiger partial charge in [0.15, 0.2) is 12.4 Å². The van der Waals surface area contributed by atoms with Gasteiger partial charge in [0.2, 0.25) is 11.8 Å². The monoisotopic (exact) mass is 378 g/mol. The van der Waals surface area contributed by atoms with Gasteiger partial charge in [-0.15, -0.1) is 0 Å². The third-order valence-electron chi connectivity index (χ3n) is 3.98. The molecule has 0 aliphatic carbocycles. The summed E-state index contributed by atoms with van der Waals surface area (Å²) in [6.45, 7) is 5.38. The summed E-state index contributed by atoms with van der Waals surface area (Å²) in [7, 11) is 0. The Morgan fingerprint density at radius 2 is 1.82 bits per heavy atom. The zero-order chi connectivity index (χ0) is 20.1. The van der Waals surface area contributed by atoms with Gasteiger partial charge >= 0.3 is 5.97 Å². The first-order valence-electron chi connectivity index (χ1n) is 8.92. The minimum Gasteiger partial charge on any atom is -0.452 e. The largest absolute Gasteiger partial charge is 0.452 e. The third kappa shape index (κ3) is 4.85. The van der Waals surface area contributed by atoms with Gasteiger partial charge in [0.1, 0.15) is 0 Å². The Hall–Kier alpha value is -3.41. The third-order valence-corrected chi connectivity index (χ3v) is 3.98. The Morgan fingerprint density at radius 3 is 2.54 bits per heavy atom. The number of nitrogens with zero attached hydrogens (tertiary/aromatic N) is 1. The number of ether oxygens (including phenoxy) is 1. The number of benzene rings is 2. The molecular weight excluding hydrogens is 356 g/mol. The van der Waals surface area contributed by atoms with Crippen molar-refractivity contribution in [2.24, 2.45) is 5.41 Å². The fraction of sp³-hybridized carbons (Fsp3) is 0.227. The number of hydrogen-bond acceptors (Lipinski definition) is 5. The van der Waals surface area contributed by atoms with Gasteiger partial charge in [0.05, 0.1) is 11.8 Å². The predicted octanol–water partition coefficient (Wildman–Crippen LogP) is 4.68. The first kappa shape index (κ1) is 19.4. The van der Waals surface area contributed by atoms with Crippen LogP contribution in [0.25, 0.3) is 11.3 Å². The van der Waals surface area contributed by atoms with E-state index in [2.05, 4.69) is 10.3 Å². The highest BCUT2D eigenvalue weighted by molar-refractivity contribution is 5.96. The fourth-order valence-electron chi connectivity index (χ4n) is 2.37. The van der Waals surface area contributed by atoms with Gasteiger partial charge in [0.25, 0.3) is 0 Å². The number of nitrogens with one attached hydrogen (secondary N) is 1. The average Bonchev–Trinajstić information content (AvgIpc) is 3.15. The average molecular weight is 378 g/mol. The number of hydrogen-bond donors (Lipinski definition) is 1. The highest BCUT2D eigenvalue weighted by Gasteiger charge is 2.21. The number of carbonyl (C=O) groups is 2. The van der Waals surface area contributed by atoms with Gasteiger partial charge in [-0.2, -0.15) is 0 Å². The van der Waals surface area contributed by atoms with Gasteiger partial charge in [0, 0.05) is 16.7 Å². The van der Waals surface area contributed by atoms with E-state index in [4.69, 9.17) is 9.15 Å². The van der Waals surface area contributed by atoms with E-state index < -0.39 is 11.4 Å². The van der Waals surface area contributed by atoms with E-state index in [0.29, 0.717) is 22.9 Å². The molecule has 1 aromatic heterocycles. The lowest BCUT2D eigenvalue weighted by Gasteiger charge is -2.17. The van der Waals surface area contributed by atoms with Crippen molar-refractivity contribution in [1.82, 2.24) is 4.98 Å². The van der Waals surface area contributed by atoms with Crippen molar-refractivity contribution in [3.8, 4) is 11.3 Å². The quantitative estimate of drug-likeness (QED) is 0.652. The Kier molecular flexibility index (Phi) is 5.59. The zero-order valence-corrected chi connectivity index (χ0v) is 16.1. The molecule has 0 unspecified atom stereocenters. The van der Waals surface area contributed by atoms with Crippen molar-refractivity contribution >= 4 is 17.6 Å². The Labute approximate surface area is 163 Å². The fourth-order valence-corrected chi connectivity index (χ4v) is 2.37. The summed E-state index contributed by atoms with van der Waals surface area (Å²) in [6.07, 6.45) is 1.60. The van der Waals surface area contributed by atoms with Crippen molar-refractivity contribution in [3.05, 3.63) is 72.2 Å². The molecule has 0 spiro atoms. The summed E-state index contributed by atoms with van der Waals surface area (Å²) in [6, 6.07) is 16.2. The van der Waals surface area contributed by atoms with Gasteiger partial charge in [-0.3, -0.25) is 4.79 Å². The molecule has 0 atom stereocenters. The van der Waals surface area contributed by atoms with Crippen LogP contribution in [0.15, 0.2) is 65.2 Å². The van der Waals surface area contributed by atoms with E-state index in [9.17, 15) is 9.59 Å². The molecule has 1 amide bonds. The van der Waals surface area contributed by atoms with Crippen LogP contribution < -0.4 is 5.32 Å². The lowest BCUT2D eigenvalue weighted by atomic mass is 9.95. The van der Waals surface area contributed by atoms with Crippen LogP contribution in [0.3, 0.4) is 0 Å². The van der Waals surface area contributed by atoms with Crippen LogP contribution in [0, 0.1) is 5.41 Å². The molecule has 0 aliphatic rings. The molecule has 1 heterocycles. The zero-order valence-electron chi connectivity index (χ0n) is 16.1. The van der Waals surface area contributed by atoms with Crippen molar-refractivity contribution in [2.75, 3.05) is 5.32 Å². The summed E-state index contributed by atoms with van der Waals surface area (Å²) >= 11 is 0. The molecule has 28 heavy (non-hydrogen) atoms. The summed E-state index contributed by atoms with van der Waals surface area (Å²) in [5.74, 6) is 0.264. The summed E-state index contributed by atoms with van der Waals surface area (Å²) in [5.41, 5.74) is 1.24. The van der Waals surface area contributed by atoms with E-state index in [1.807, 2.05) is 51.1 Å². The number of esters is 1. The molecule has 6 heteroatoms. The van der Waals surface area contributed by atoms with Crippen LogP contribution in [0.2, 0.25) is 0 Å². The van der Waals surface area contributed by atoms with Crippen molar-refractivity contribution in [1.29, 1.82) is 0 Å². The first-order chi connectivity index (χ1) is 13.3. The molecule has 6 nitrogen and oxygen atoms in total. The van der Waals surface area contributed by atoms with Crippen molar-refractivity contribution in [3.63, 3.8) is 0 Å². The van der Waals surface area contributed by atoms with Crippen molar-refractivity contribution in [2.45, 2.75) is 27.4 Å². The van der Waals surface area contributed by atoms with Crippen LogP contribution in [-0.4, -0.2) is 16.9 Å². The molecule has 0 saturated heterocycles. The van der Waals surface area contributed by atoms with E-state index in [1.54, 1.807) is 30.5 Å². The van der Waals surface area contributed by atoms with E-state index in [-0.39, 0.29) is 12.5 Å². The number of amides is 1. The van der Waals surface area contributed by atoms with Gasteiger partial charge in [-0.25, -0.2) is 9.78 Å². The second-order valence-corrected chi connectivity index (χ2v) is 7.35. The van der Waals surface area contributed by atoms with E-state index >= 15 is 0 Å². The highest BCUT2D eigenvalue weighted by Crippen LogP contribution is 2.21. The van der Waals surface area contributed by atoms with E-state index in [0.717, 1.165) is 5.56 Å². The molecular formula is C22H22N2O4. The first-order valence-corrected chi connectivity index (χ1v) is 8.92. The van der Waals surface area contributed by atoms with Crippen LogP contribution in [0.4, 0.5) is 5.69 Å². The molecule has 3 rings (SSSR count). The van der Waals surface area contributed by atoms with Crippen molar-refractivity contribution < 1.29 is 18.7 Å². The lowest BCUT2D eigenvalue weighted by molar-refractivity contribution is -0.123. The topological polar surface area (TPSA) is 81.4 Å². The summed E-state index contributed by atoms with van der Waals surface area (Å²) < 4.78 is 10.9. The molecule has 3 aromatic rings. The number of carbonyl (C=O) groups excluding carboxylic acids is 2. The molecule has 1 N–H and O–H groups in total. The maximum Gasteiger partial charge on any atom is 0.338 e. The van der Waals surface area contributed by atoms with Crippen LogP contribution in [0.5, 0.6) is 0 Å². The second-order valence-electron chi connectivity index (χ2n) is 7.35. The molecule has 0 saturated carbocycles. The molecule has 144 valence electrons. The maximum atomic E-state index is 12.3. The van der Waals surface area contributed by atoms with Gasteiger partial charge in [-0.1, -0.05) is 57.2 Å². The Morgan fingerprint density at radius 1 is 1.07 bits per heavy atom. The normalized spacial score (nSPS) is 11.1. The Bertz CT molecular complexity index is 971.